The van der Waals surface area contributed by atoms with Crippen molar-refractivity contribution in [2.45, 2.75) is 31.1 Å². The molecule has 1 aromatic carbocycles. The molecule has 0 fully saturated rings. The summed E-state index contributed by atoms with van der Waals surface area (Å²) in [5.41, 5.74) is 0.565. The summed E-state index contributed by atoms with van der Waals surface area (Å²) in [5.74, 6) is -0.569. The van der Waals surface area contributed by atoms with Gasteiger partial charge in [0.1, 0.15) is 0 Å². The van der Waals surface area contributed by atoms with Gasteiger partial charge in [-0.1, -0.05) is 17.7 Å². The number of benzene rings is 1. The van der Waals surface area contributed by atoms with E-state index in [0.29, 0.717) is 23.6 Å². The minimum absolute atomic E-state index is 0.122. The first kappa shape index (κ1) is 15.3. The smallest absolute Gasteiger partial charge is 0.305 e. The molecule has 1 aliphatic heterocycles. The maximum absolute atomic E-state index is 12.5. The summed E-state index contributed by atoms with van der Waals surface area (Å²) in [7, 11) is 1.31. The molecule has 0 bridgehead atoms. The van der Waals surface area contributed by atoms with Crippen molar-refractivity contribution in [3.8, 4) is 6.07 Å². The summed E-state index contributed by atoms with van der Waals surface area (Å²) in [6, 6.07) is 7.23. The third-order valence-electron chi connectivity index (χ3n) is 3.83. The molecule has 21 heavy (non-hydrogen) atoms. The van der Waals surface area contributed by atoms with Crippen LogP contribution in [0.5, 0.6) is 0 Å². The minimum Gasteiger partial charge on any atom is -0.469 e. The van der Waals surface area contributed by atoms with Crippen LogP contribution in [0.4, 0.5) is 5.69 Å². The number of rotatable bonds is 5. The first-order valence-corrected chi connectivity index (χ1v) is 6.96. The Morgan fingerprint density at radius 2 is 2.24 bits per heavy atom. The van der Waals surface area contributed by atoms with Crippen LogP contribution in [-0.2, 0) is 19.7 Å². The van der Waals surface area contributed by atoms with Crippen molar-refractivity contribution in [1.82, 2.24) is 0 Å². The standard InChI is InChI=1S/C15H15ClN2O3/c1-21-13(19)5-7-15(6-2-8-17)11-4-3-10(16)9-12(11)18-14(15)20/h3-4,9H,2,5-7H2,1H3,(H,18,20). The van der Waals surface area contributed by atoms with Crippen molar-refractivity contribution in [1.29, 1.82) is 5.26 Å². The number of nitrogens with zero attached hydrogens (tertiary/aromatic N) is 1. The number of hydrogen-bond acceptors (Lipinski definition) is 4. The highest BCUT2D eigenvalue weighted by molar-refractivity contribution is 6.31. The fourth-order valence-electron chi connectivity index (χ4n) is 2.71. The van der Waals surface area contributed by atoms with E-state index in [1.165, 1.54) is 7.11 Å². The fraction of sp³-hybridized carbons (Fsp3) is 0.400. The van der Waals surface area contributed by atoms with E-state index in [1.807, 2.05) is 0 Å². The number of halogens is 1. The van der Waals surface area contributed by atoms with Crippen LogP contribution < -0.4 is 5.32 Å². The van der Waals surface area contributed by atoms with Crippen molar-refractivity contribution in [2.75, 3.05) is 12.4 Å². The van der Waals surface area contributed by atoms with Crippen LogP contribution in [0.1, 0.15) is 31.2 Å². The maximum atomic E-state index is 12.5. The number of nitriles is 1. The number of anilines is 1. The molecule has 0 saturated heterocycles. The number of nitrogens with one attached hydrogen (secondary N) is 1. The monoisotopic (exact) mass is 306 g/mol. The van der Waals surface area contributed by atoms with Gasteiger partial charge in [0.25, 0.3) is 0 Å². The molecule has 1 aromatic rings. The quantitative estimate of drug-likeness (QED) is 0.848. The van der Waals surface area contributed by atoms with Gasteiger partial charge in [-0.2, -0.15) is 5.26 Å². The number of carbonyl (C=O) groups excluding carboxylic acids is 2. The molecular weight excluding hydrogens is 292 g/mol. The second kappa shape index (κ2) is 6.15. The lowest BCUT2D eigenvalue weighted by atomic mass is 9.74. The maximum Gasteiger partial charge on any atom is 0.305 e. The van der Waals surface area contributed by atoms with Gasteiger partial charge in [-0.3, -0.25) is 9.59 Å². The van der Waals surface area contributed by atoms with E-state index >= 15 is 0 Å². The largest absolute Gasteiger partial charge is 0.469 e. The topological polar surface area (TPSA) is 79.2 Å². The van der Waals surface area contributed by atoms with Gasteiger partial charge in [-0.15, -0.1) is 0 Å². The van der Waals surface area contributed by atoms with Gasteiger partial charge >= 0.3 is 5.97 Å². The van der Waals surface area contributed by atoms with Gasteiger partial charge in [-0.05, 0) is 30.5 Å². The number of carbonyl (C=O) groups is 2. The van der Waals surface area contributed by atoms with E-state index in [0.717, 1.165) is 5.56 Å². The minimum atomic E-state index is -0.871. The van der Waals surface area contributed by atoms with E-state index in [4.69, 9.17) is 16.9 Å². The number of methoxy groups -OCH3 is 1. The first-order chi connectivity index (χ1) is 10.0. The molecule has 1 atom stereocenters. The van der Waals surface area contributed by atoms with Gasteiger partial charge in [0.15, 0.2) is 0 Å². The van der Waals surface area contributed by atoms with Crippen molar-refractivity contribution in [3.05, 3.63) is 28.8 Å². The molecule has 1 N–H and O–H groups in total. The summed E-state index contributed by atoms with van der Waals surface area (Å²) in [5, 5.41) is 12.2. The van der Waals surface area contributed by atoms with Crippen LogP contribution in [0.3, 0.4) is 0 Å². The third kappa shape index (κ3) is 2.86. The molecule has 0 spiro atoms. The molecule has 0 aliphatic carbocycles. The van der Waals surface area contributed by atoms with Crippen molar-refractivity contribution in [3.63, 3.8) is 0 Å². The summed E-state index contributed by atoms with van der Waals surface area (Å²) >= 11 is 5.94. The van der Waals surface area contributed by atoms with Gasteiger partial charge in [0, 0.05) is 23.6 Å². The van der Waals surface area contributed by atoms with Crippen molar-refractivity contribution in [2.24, 2.45) is 0 Å². The average molecular weight is 307 g/mol. The number of amides is 1. The highest BCUT2D eigenvalue weighted by Gasteiger charge is 2.46. The molecule has 5 nitrogen and oxygen atoms in total. The van der Waals surface area contributed by atoms with Gasteiger partial charge < -0.3 is 10.1 Å². The van der Waals surface area contributed by atoms with Crippen molar-refractivity contribution < 1.29 is 14.3 Å². The third-order valence-corrected chi connectivity index (χ3v) is 4.06. The highest BCUT2D eigenvalue weighted by atomic mass is 35.5. The Bertz CT molecular complexity index is 624. The zero-order chi connectivity index (χ0) is 15.5. The molecule has 0 saturated carbocycles. The van der Waals surface area contributed by atoms with Crippen LogP contribution in [-0.4, -0.2) is 19.0 Å². The van der Waals surface area contributed by atoms with E-state index < -0.39 is 5.41 Å². The highest BCUT2D eigenvalue weighted by Crippen LogP contribution is 2.45. The Labute approximate surface area is 127 Å². The second-order valence-corrected chi connectivity index (χ2v) is 5.40. The number of esters is 1. The van der Waals surface area contributed by atoms with Crippen LogP contribution in [0.25, 0.3) is 0 Å². The molecule has 0 aromatic heterocycles. The lowest BCUT2D eigenvalue weighted by molar-refractivity contribution is -0.141. The molecule has 0 radical (unpaired) electrons. The molecule has 1 amide bonds. The first-order valence-electron chi connectivity index (χ1n) is 6.59. The van der Waals surface area contributed by atoms with Crippen LogP contribution >= 0.6 is 11.6 Å². The summed E-state index contributed by atoms with van der Waals surface area (Å²) in [6.45, 7) is 0. The predicted octanol–water partition coefficient (Wildman–Crippen LogP) is 2.79. The van der Waals surface area contributed by atoms with Gasteiger partial charge in [0.2, 0.25) is 5.91 Å². The van der Waals surface area contributed by atoms with E-state index in [-0.39, 0.29) is 24.7 Å². The normalized spacial score (nSPS) is 19.6. The average Bonchev–Trinajstić information content (AvgIpc) is 2.74. The van der Waals surface area contributed by atoms with Crippen molar-refractivity contribution >= 4 is 29.2 Å². The number of hydrogen-bond donors (Lipinski definition) is 1. The van der Waals surface area contributed by atoms with E-state index in [9.17, 15) is 9.59 Å². The van der Waals surface area contributed by atoms with Gasteiger partial charge in [-0.25, -0.2) is 0 Å². The Hall–Kier alpha value is -2.06. The summed E-state index contributed by atoms with van der Waals surface area (Å²) < 4.78 is 4.65. The molecule has 1 unspecified atom stereocenters. The van der Waals surface area contributed by atoms with Crippen LogP contribution in [0.15, 0.2) is 18.2 Å². The Kier molecular flexibility index (Phi) is 4.49. The molecule has 1 aliphatic rings. The molecular formula is C15H15ClN2O3. The van der Waals surface area contributed by atoms with Gasteiger partial charge in [0.05, 0.1) is 18.6 Å². The van der Waals surface area contributed by atoms with E-state index in [1.54, 1.807) is 18.2 Å². The Balaban J connectivity index is 2.38. The molecule has 6 heteroatoms. The zero-order valence-corrected chi connectivity index (χ0v) is 12.4. The molecule has 1 heterocycles. The summed E-state index contributed by atoms with van der Waals surface area (Å²) in [4.78, 5) is 23.9. The zero-order valence-electron chi connectivity index (χ0n) is 11.6. The molecule has 110 valence electrons. The summed E-state index contributed by atoms with van der Waals surface area (Å²) in [6.07, 6.45) is 1.02. The predicted molar refractivity (Wildman–Crippen MR) is 77.9 cm³/mol. The lowest BCUT2D eigenvalue weighted by Gasteiger charge is -2.26. The Morgan fingerprint density at radius 1 is 1.48 bits per heavy atom. The van der Waals surface area contributed by atoms with E-state index in [2.05, 4.69) is 16.1 Å². The number of fused-ring (bicyclic) bond motifs is 1. The molecule has 2 rings (SSSR count). The van der Waals surface area contributed by atoms with Crippen LogP contribution in [0, 0.1) is 11.3 Å². The lowest BCUT2D eigenvalue weighted by Crippen LogP contribution is -2.35. The second-order valence-electron chi connectivity index (χ2n) is 4.96. The SMILES string of the molecule is COC(=O)CCC1(CCC#N)C(=O)Nc2cc(Cl)ccc21. The Morgan fingerprint density at radius 3 is 2.90 bits per heavy atom. The van der Waals surface area contributed by atoms with Crippen LogP contribution in [0.2, 0.25) is 5.02 Å². The fourth-order valence-corrected chi connectivity index (χ4v) is 2.88. The number of ether oxygens (including phenoxy) is 1.